The minimum absolute atomic E-state index is 0.594. The zero-order valence-corrected chi connectivity index (χ0v) is 14.7. The molecule has 2 rings (SSSR count). The van der Waals surface area contributed by atoms with Gasteiger partial charge in [0, 0.05) is 23.1 Å². The molecule has 0 fully saturated rings. The van der Waals surface area contributed by atoms with E-state index in [2.05, 4.69) is 53.1 Å². The third kappa shape index (κ3) is 4.63. The molecule has 0 unspecified atom stereocenters. The topological polar surface area (TPSA) is 34.4 Å². The summed E-state index contributed by atoms with van der Waals surface area (Å²) in [6, 6.07) is 5.85. The maximum Gasteiger partial charge on any atom is 0.147 e. The molecule has 19 heavy (non-hydrogen) atoms. The van der Waals surface area contributed by atoms with Gasteiger partial charge in [0.1, 0.15) is 12.4 Å². The second-order valence-electron chi connectivity index (χ2n) is 3.86. The molecule has 0 saturated heterocycles. The summed E-state index contributed by atoms with van der Waals surface area (Å²) in [7, 11) is 0. The Labute approximate surface area is 137 Å². The van der Waals surface area contributed by atoms with Crippen molar-refractivity contribution in [3.05, 3.63) is 49.7 Å². The Bertz CT molecular complexity index is 506. The molecule has 0 radical (unpaired) electrons. The Kier molecular flexibility index (Phi) is 5.94. The van der Waals surface area contributed by atoms with Crippen LogP contribution in [0.4, 0.5) is 0 Å². The molecule has 1 N–H and O–H groups in total. The lowest BCUT2D eigenvalue weighted by molar-refractivity contribution is 0.310. The molecule has 0 aliphatic heterocycles. The number of rotatable bonds is 6. The predicted octanol–water partition coefficient (Wildman–Crippen LogP) is 4.74. The molecule has 2 aromatic rings. The molecule has 0 bridgehead atoms. The van der Waals surface area contributed by atoms with Gasteiger partial charge in [0.05, 0.1) is 21.5 Å². The lowest BCUT2D eigenvalue weighted by Gasteiger charge is -2.11. The molecule has 1 heterocycles. The number of hydrogen-bond donors (Lipinski definition) is 1. The summed E-state index contributed by atoms with van der Waals surface area (Å²) in [6.45, 7) is 2.14. The van der Waals surface area contributed by atoms with E-state index in [-0.39, 0.29) is 0 Å². The van der Waals surface area contributed by atoms with Crippen molar-refractivity contribution in [3.63, 3.8) is 0 Å². The van der Waals surface area contributed by atoms with E-state index in [0.717, 1.165) is 37.8 Å². The van der Waals surface area contributed by atoms with Crippen LogP contribution >= 0.6 is 47.8 Å². The summed E-state index contributed by atoms with van der Waals surface area (Å²) in [5.41, 5.74) is 1.13. The average molecular weight is 454 g/mol. The van der Waals surface area contributed by atoms with Crippen molar-refractivity contribution in [2.75, 3.05) is 13.2 Å². The van der Waals surface area contributed by atoms with E-state index < -0.39 is 0 Å². The monoisotopic (exact) mass is 451 g/mol. The van der Waals surface area contributed by atoms with E-state index in [9.17, 15) is 0 Å². The highest BCUT2D eigenvalue weighted by atomic mass is 79.9. The molecule has 3 nitrogen and oxygen atoms in total. The van der Waals surface area contributed by atoms with Gasteiger partial charge in [-0.3, -0.25) is 0 Å². The normalized spacial score (nSPS) is 10.7. The second kappa shape index (κ2) is 7.47. The fourth-order valence-corrected chi connectivity index (χ4v) is 4.01. The van der Waals surface area contributed by atoms with Gasteiger partial charge in [0.2, 0.25) is 0 Å². The third-order valence-corrected chi connectivity index (χ3v) is 4.03. The van der Waals surface area contributed by atoms with Gasteiger partial charge in [-0.15, -0.1) is 0 Å². The van der Waals surface area contributed by atoms with Crippen LogP contribution in [0.15, 0.2) is 48.6 Å². The van der Waals surface area contributed by atoms with Gasteiger partial charge in [-0.05, 0) is 50.1 Å². The summed E-state index contributed by atoms with van der Waals surface area (Å²) >= 11 is 10.4. The van der Waals surface area contributed by atoms with Gasteiger partial charge in [-0.1, -0.05) is 15.9 Å². The van der Waals surface area contributed by atoms with Crippen molar-refractivity contribution in [2.24, 2.45) is 0 Å². The Morgan fingerprint density at radius 1 is 1.16 bits per heavy atom. The van der Waals surface area contributed by atoms with Gasteiger partial charge in [-0.25, -0.2) is 0 Å². The first-order valence-corrected chi connectivity index (χ1v) is 8.04. The Morgan fingerprint density at radius 3 is 2.53 bits per heavy atom. The first-order valence-electron chi connectivity index (χ1n) is 5.66. The second-order valence-corrected chi connectivity index (χ2v) is 6.48. The summed E-state index contributed by atoms with van der Waals surface area (Å²) in [5.74, 6) is 0.813. The van der Waals surface area contributed by atoms with Crippen LogP contribution in [0.5, 0.6) is 5.75 Å². The van der Waals surface area contributed by atoms with Crippen LogP contribution in [0.3, 0.4) is 0 Å². The fourth-order valence-electron chi connectivity index (χ4n) is 1.52. The summed E-state index contributed by atoms with van der Waals surface area (Å²) in [6.07, 6.45) is 3.40. The largest absolute Gasteiger partial charge is 0.490 e. The van der Waals surface area contributed by atoms with Crippen LogP contribution in [0, 0.1) is 0 Å². The standard InChI is InChI=1S/C13H12Br3NO2/c14-10-5-11(15)13(12(16)6-10)19-4-2-17-7-9-1-3-18-8-9/h1,3,5-6,8,17H,2,4,7H2. The molecule has 0 amide bonds. The fraction of sp³-hybridized carbons (Fsp3) is 0.231. The molecule has 0 saturated carbocycles. The van der Waals surface area contributed by atoms with Gasteiger partial charge < -0.3 is 14.5 Å². The Balaban J connectivity index is 1.77. The molecule has 6 heteroatoms. The van der Waals surface area contributed by atoms with E-state index in [4.69, 9.17) is 9.15 Å². The highest BCUT2D eigenvalue weighted by Gasteiger charge is 2.07. The zero-order chi connectivity index (χ0) is 13.7. The quantitative estimate of drug-likeness (QED) is 0.642. The molecular weight excluding hydrogens is 442 g/mol. The molecule has 0 aliphatic rings. The number of nitrogens with one attached hydrogen (secondary N) is 1. The molecule has 1 aromatic heterocycles. The predicted molar refractivity (Wildman–Crippen MR) is 85.5 cm³/mol. The molecule has 102 valence electrons. The van der Waals surface area contributed by atoms with E-state index in [1.807, 2.05) is 18.2 Å². The van der Waals surface area contributed by atoms with Crippen LogP contribution in [-0.2, 0) is 6.54 Å². The van der Waals surface area contributed by atoms with Gasteiger partial charge in [0.15, 0.2) is 0 Å². The summed E-state index contributed by atoms with van der Waals surface area (Å²) in [5, 5.41) is 3.28. The smallest absolute Gasteiger partial charge is 0.147 e. The van der Waals surface area contributed by atoms with Gasteiger partial charge >= 0.3 is 0 Å². The average Bonchev–Trinajstić information content (AvgIpc) is 2.84. The maximum absolute atomic E-state index is 5.74. The zero-order valence-electron chi connectivity index (χ0n) is 9.96. The summed E-state index contributed by atoms with van der Waals surface area (Å²) < 4.78 is 13.6. The lowest BCUT2D eigenvalue weighted by Crippen LogP contribution is -2.20. The van der Waals surface area contributed by atoms with Crippen molar-refractivity contribution >= 4 is 47.8 Å². The van der Waals surface area contributed by atoms with E-state index in [1.54, 1.807) is 12.5 Å². The number of halogens is 3. The SMILES string of the molecule is Brc1cc(Br)c(OCCNCc2ccoc2)c(Br)c1. The minimum atomic E-state index is 0.594. The van der Waals surface area contributed by atoms with Gasteiger partial charge in [0.25, 0.3) is 0 Å². The van der Waals surface area contributed by atoms with E-state index in [0.29, 0.717) is 6.61 Å². The number of furan rings is 1. The van der Waals surface area contributed by atoms with Crippen molar-refractivity contribution < 1.29 is 9.15 Å². The van der Waals surface area contributed by atoms with Crippen molar-refractivity contribution in [2.45, 2.75) is 6.54 Å². The van der Waals surface area contributed by atoms with Crippen LogP contribution in [0.25, 0.3) is 0 Å². The Hall–Kier alpha value is -0.300. The molecule has 1 aromatic carbocycles. The maximum atomic E-state index is 5.74. The lowest BCUT2D eigenvalue weighted by atomic mass is 10.3. The highest BCUT2D eigenvalue weighted by molar-refractivity contribution is 9.11. The van der Waals surface area contributed by atoms with Crippen molar-refractivity contribution in [1.29, 1.82) is 0 Å². The number of ether oxygens (including phenoxy) is 1. The van der Waals surface area contributed by atoms with E-state index >= 15 is 0 Å². The van der Waals surface area contributed by atoms with Crippen LogP contribution in [0.1, 0.15) is 5.56 Å². The molecule has 0 atom stereocenters. The van der Waals surface area contributed by atoms with Crippen molar-refractivity contribution in [3.8, 4) is 5.75 Å². The third-order valence-electron chi connectivity index (χ3n) is 2.40. The van der Waals surface area contributed by atoms with Crippen molar-refractivity contribution in [1.82, 2.24) is 5.32 Å². The van der Waals surface area contributed by atoms with Crippen LogP contribution in [-0.4, -0.2) is 13.2 Å². The molecule has 0 spiro atoms. The Morgan fingerprint density at radius 2 is 1.89 bits per heavy atom. The van der Waals surface area contributed by atoms with Crippen LogP contribution < -0.4 is 10.1 Å². The first-order chi connectivity index (χ1) is 9.16. The van der Waals surface area contributed by atoms with Crippen LogP contribution in [0.2, 0.25) is 0 Å². The number of benzene rings is 1. The first kappa shape index (κ1) is 15.1. The highest BCUT2D eigenvalue weighted by Crippen LogP contribution is 2.36. The summed E-state index contributed by atoms with van der Waals surface area (Å²) in [4.78, 5) is 0. The minimum Gasteiger partial charge on any atom is -0.490 e. The molecular formula is C13H12Br3NO2. The van der Waals surface area contributed by atoms with Gasteiger partial charge in [-0.2, -0.15) is 0 Å². The number of hydrogen-bond acceptors (Lipinski definition) is 3. The van der Waals surface area contributed by atoms with E-state index in [1.165, 1.54) is 0 Å². The molecule has 0 aliphatic carbocycles.